The van der Waals surface area contributed by atoms with Gasteiger partial charge in [0.25, 0.3) is 0 Å². The summed E-state index contributed by atoms with van der Waals surface area (Å²) < 4.78 is 11.0. The molecule has 23 heavy (non-hydrogen) atoms. The fourth-order valence-corrected chi connectivity index (χ4v) is 2.49. The normalized spacial score (nSPS) is 19.1. The standard InChI is InChI=1S/C16H24N2O5/c1-11(2)9-22-10-13(14-4-3-7-23-14)17-16(21)18-6-5-12(8-18)15(19)20/h3-4,7,11-13H,5-6,8-10H2,1-2H3,(H,17,21)(H,19,20). The molecule has 0 saturated carbocycles. The number of rotatable bonds is 7. The Kier molecular flexibility index (Phi) is 6.04. The molecule has 2 amide bonds. The number of nitrogens with zero attached hydrogens (tertiary/aromatic N) is 1. The van der Waals surface area contributed by atoms with Crippen LogP contribution in [-0.4, -0.2) is 48.3 Å². The van der Waals surface area contributed by atoms with E-state index in [4.69, 9.17) is 14.3 Å². The predicted molar refractivity (Wildman–Crippen MR) is 83.0 cm³/mol. The molecule has 1 saturated heterocycles. The molecule has 2 rings (SSSR count). The Hall–Kier alpha value is -2.02. The van der Waals surface area contributed by atoms with Gasteiger partial charge in [-0.05, 0) is 24.5 Å². The van der Waals surface area contributed by atoms with Crippen molar-refractivity contribution in [1.82, 2.24) is 10.2 Å². The molecule has 1 fully saturated rings. The molecular weight excluding hydrogens is 300 g/mol. The summed E-state index contributed by atoms with van der Waals surface area (Å²) in [5.41, 5.74) is 0. The summed E-state index contributed by atoms with van der Waals surface area (Å²) in [7, 11) is 0. The fourth-order valence-electron chi connectivity index (χ4n) is 2.49. The second kappa shape index (κ2) is 8.01. The zero-order chi connectivity index (χ0) is 16.8. The highest BCUT2D eigenvalue weighted by Crippen LogP contribution is 2.19. The van der Waals surface area contributed by atoms with Gasteiger partial charge in [0.15, 0.2) is 0 Å². The molecule has 2 unspecified atom stereocenters. The molecule has 0 radical (unpaired) electrons. The zero-order valence-corrected chi connectivity index (χ0v) is 13.5. The quantitative estimate of drug-likeness (QED) is 0.801. The number of carbonyl (C=O) groups excluding carboxylic acids is 1. The van der Waals surface area contributed by atoms with Crippen LogP contribution in [0.2, 0.25) is 0 Å². The topological polar surface area (TPSA) is 92.0 Å². The Morgan fingerprint density at radius 2 is 2.26 bits per heavy atom. The van der Waals surface area contributed by atoms with E-state index in [0.717, 1.165) is 0 Å². The number of furan rings is 1. The van der Waals surface area contributed by atoms with E-state index >= 15 is 0 Å². The average molecular weight is 324 g/mol. The van der Waals surface area contributed by atoms with Crippen LogP contribution in [0.3, 0.4) is 0 Å². The minimum absolute atomic E-state index is 0.235. The highest BCUT2D eigenvalue weighted by molar-refractivity contribution is 5.77. The summed E-state index contributed by atoms with van der Waals surface area (Å²) >= 11 is 0. The molecule has 0 spiro atoms. The third-order valence-electron chi connectivity index (χ3n) is 3.74. The lowest BCUT2D eigenvalue weighted by Crippen LogP contribution is -2.42. The number of carbonyl (C=O) groups is 2. The first-order valence-electron chi connectivity index (χ1n) is 7.86. The summed E-state index contributed by atoms with van der Waals surface area (Å²) in [5.74, 6) is -0.322. The van der Waals surface area contributed by atoms with Crippen molar-refractivity contribution in [3.05, 3.63) is 24.2 Å². The van der Waals surface area contributed by atoms with Crippen molar-refractivity contribution in [2.24, 2.45) is 11.8 Å². The maximum atomic E-state index is 12.3. The predicted octanol–water partition coefficient (Wildman–Crippen LogP) is 2.11. The summed E-state index contributed by atoms with van der Waals surface area (Å²) in [6.45, 7) is 5.69. The molecule has 1 aliphatic heterocycles. The van der Waals surface area contributed by atoms with Crippen LogP contribution >= 0.6 is 0 Å². The molecule has 0 aromatic carbocycles. The average Bonchev–Trinajstić information content (AvgIpc) is 3.17. The number of hydrogen-bond donors (Lipinski definition) is 2. The second-order valence-electron chi connectivity index (χ2n) is 6.22. The van der Waals surface area contributed by atoms with Crippen molar-refractivity contribution in [3.8, 4) is 0 Å². The van der Waals surface area contributed by atoms with Gasteiger partial charge in [-0.3, -0.25) is 4.79 Å². The van der Waals surface area contributed by atoms with E-state index in [1.54, 1.807) is 18.4 Å². The van der Waals surface area contributed by atoms with Gasteiger partial charge in [0.1, 0.15) is 11.8 Å². The molecule has 2 N–H and O–H groups in total. The first-order valence-corrected chi connectivity index (χ1v) is 7.86. The molecule has 2 atom stereocenters. The first kappa shape index (κ1) is 17.3. The number of amides is 2. The summed E-state index contributed by atoms with van der Waals surface area (Å²) in [5, 5.41) is 11.9. The molecule has 1 aromatic rings. The number of hydrogen-bond acceptors (Lipinski definition) is 4. The number of ether oxygens (including phenoxy) is 1. The number of aliphatic carboxylic acids is 1. The smallest absolute Gasteiger partial charge is 0.318 e. The number of carboxylic acids is 1. The molecule has 2 heterocycles. The Bertz CT molecular complexity index is 515. The van der Waals surface area contributed by atoms with Crippen molar-refractivity contribution < 1.29 is 23.8 Å². The van der Waals surface area contributed by atoms with Crippen LogP contribution < -0.4 is 5.32 Å². The van der Waals surface area contributed by atoms with E-state index in [1.807, 2.05) is 0 Å². The summed E-state index contributed by atoms with van der Waals surface area (Å²) in [6.07, 6.45) is 2.03. The van der Waals surface area contributed by atoms with Crippen molar-refractivity contribution >= 4 is 12.0 Å². The van der Waals surface area contributed by atoms with Gasteiger partial charge in [0.05, 0.1) is 18.8 Å². The van der Waals surface area contributed by atoms with Crippen molar-refractivity contribution in [2.75, 3.05) is 26.3 Å². The van der Waals surface area contributed by atoms with E-state index < -0.39 is 11.9 Å². The second-order valence-corrected chi connectivity index (χ2v) is 6.22. The van der Waals surface area contributed by atoms with Crippen LogP contribution in [-0.2, 0) is 9.53 Å². The molecule has 1 aromatic heterocycles. The van der Waals surface area contributed by atoms with Gasteiger partial charge in [-0.1, -0.05) is 13.8 Å². The number of carboxylic acid groups (broad SMARTS) is 1. The largest absolute Gasteiger partial charge is 0.481 e. The lowest BCUT2D eigenvalue weighted by molar-refractivity contribution is -0.141. The van der Waals surface area contributed by atoms with Crippen LogP contribution in [0.4, 0.5) is 4.79 Å². The van der Waals surface area contributed by atoms with E-state index in [1.165, 1.54) is 4.90 Å². The van der Waals surface area contributed by atoms with Gasteiger partial charge in [-0.15, -0.1) is 0 Å². The number of nitrogens with one attached hydrogen (secondary N) is 1. The summed E-state index contributed by atoms with van der Waals surface area (Å²) in [4.78, 5) is 24.9. The van der Waals surface area contributed by atoms with E-state index in [9.17, 15) is 9.59 Å². The summed E-state index contributed by atoms with van der Waals surface area (Å²) in [6, 6.07) is 2.87. The fraction of sp³-hybridized carbons (Fsp3) is 0.625. The third-order valence-corrected chi connectivity index (χ3v) is 3.74. The maximum absolute atomic E-state index is 12.3. The van der Waals surface area contributed by atoms with Gasteiger partial charge in [-0.2, -0.15) is 0 Å². The molecule has 7 nitrogen and oxygen atoms in total. The Morgan fingerprint density at radius 1 is 1.48 bits per heavy atom. The van der Waals surface area contributed by atoms with Crippen molar-refractivity contribution in [1.29, 1.82) is 0 Å². The van der Waals surface area contributed by atoms with E-state index in [0.29, 0.717) is 37.9 Å². The van der Waals surface area contributed by atoms with Crippen molar-refractivity contribution in [3.63, 3.8) is 0 Å². The van der Waals surface area contributed by atoms with Gasteiger partial charge in [0, 0.05) is 19.7 Å². The SMILES string of the molecule is CC(C)COCC(NC(=O)N1CCC(C(=O)O)C1)c1ccco1. The van der Waals surface area contributed by atoms with E-state index in [-0.39, 0.29) is 18.6 Å². The number of likely N-dealkylation sites (tertiary alicyclic amines) is 1. The third kappa shape index (κ3) is 4.99. The van der Waals surface area contributed by atoms with Crippen LogP contribution in [0.25, 0.3) is 0 Å². The van der Waals surface area contributed by atoms with Crippen LogP contribution in [0.5, 0.6) is 0 Å². The highest BCUT2D eigenvalue weighted by atomic mass is 16.5. The van der Waals surface area contributed by atoms with Gasteiger partial charge in [0.2, 0.25) is 0 Å². The highest BCUT2D eigenvalue weighted by Gasteiger charge is 2.32. The zero-order valence-electron chi connectivity index (χ0n) is 13.5. The molecule has 1 aliphatic rings. The van der Waals surface area contributed by atoms with Gasteiger partial charge < -0.3 is 24.5 Å². The molecular formula is C16H24N2O5. The van der Waals surface area contributed by atoms with Crippen molar-refractivity contribution in [2.45, 2.75) is 26.3 Å². The first-order chi connectivity index (χ1) is 11.0. The monoisotopic (exact) mass is 324 g/mol. The molecule has 128 valence electrons. The van der Waals surface area contributed by atoms with Gasteiger partial charge >= 0.3 is 12.0 Å². The Morgan fingerprint density at radius 3 is 2.83 bits per heavy atom. The minimum atomic E-state index is -0.858. The molecule has 7 heteroatoms. The van der Waals surface area contributed by atoms with Crippen LogP contribution in [0.1, 0.15) is 32.1 Å². The maximum Gasteiger partial charge on any atom is 0.318 e. The minimum Gasteiger partial charge on any atom is -0.481 e. The molecule has 0 bridgehead atoms. The van der Waals surface area contributed by atoms with Crippen LogP contribution in [0.15, 0.2) is 22.8 Å². The molecule has 0 aliphatic carbocycles. The number of urea groups is 1. The van der Waals surface area contributed by atoms with Crippen LogP contribution in [0, 0.1) is 11.8 Å². The Balaban J connectivity index is 1.92. The Labute approximate surface area is 135 Å². The lowest BCUT2D eigenvalue weighted by Gasteiger charge is -2.22. The lowest BCUT2D eigenvalue weighted by atomic mass is 10.1. The van der Waals surface area contributed by atoms with Gasteiger partial charge in [-0.25, -0.2) is 4.79 Å². The van der Waals surface area contributed by atoms with E-state index in [2.05, 4.69) is 19.2 Å².